The smallest absolute Gasteiger partial charge is 0.337 e. The summed E-state index contributed by atoms with van der Waals surface area (Å²) < 4.78 is 38.7. The van der Waals surface area contributed by atoms with Crippen LogP contribution in [0.15, 0.2) is 60.0 Å². The van der Waals surface area contributed by atoms with E-state index in [4.69, 9.17) is 0 Å². The van der Waals surface area contributed by atoms with Gasteiger partial charge in [-0.3, -0.25) is 4.79 Å². The molecule has 0 aliphatic heterocycles. The molecule has 3 rings (SSSR count). The quantitative estimate of drug-likeness (QED) is 0.541. The van der Waals surface area contributed by atoms with Crippen molar-refractivity contribution < 1.29 is 18.0 Å². The number of aromatic nitrogens is 1. The number of alkyl halides is 3. The average molecular weight is 404 g/mol. The maximum atomic E-state index is 12.9. The van der Waals surface area contributed by atoms with Crippen LogP contribution in [0, 0.1) is 0 Å². The van der Waals surface area contributed by atoms with Crippen molar-refractivity contribution in [1.29, 1.82) is 0 Å². The maximum absolute atomic E-state index is 12.9. The van der Waals surface area contributed by atoms with Crippen LogP contribution >= 0.6 is 11.3 Å². The Morgan fingerprint density at radius 2 is 1.86 bits per heavy atom. The zero-order valence-corrected chi connectivity index (χ0v) is 16.1. The number of carbonyl (C=O) groups is 1. The van der Waals surface area contributed by atoms with E-state index in [0.29, 0.717) is 23.7 Å². The Bertz CT molecular complexity index is 938. The number of thiazole rings is 1. The van der Waals surface area contributed by atoms with Gasteiger partial charge in [-0.2, -0.15) is 13.2 Å². The van der Waals surface area contributed by atoms with Crippen LogP contribution in [0.2, 0.25) is 0 Å². The lowest BCUT2D eigenvalue weighted by Gasteiger charge is -2.19. The molecule has 7 heteroatoms. The molecule has 3 aromatic rings. The van der Waals surface area contributed by atoms with Gasteiger partial charge in [0.05, 0.1) is 5.56 Å². The van der Waals surface area contributed by atoms with E-state index in [2.05, 4.69) is 4.98 Å². The number of rotatable bonds is 6. The molecule has 0 saturated heterocycles. The molecule has 0 bridgehead atoms. The molecule has 0 atom stereocenters. The highest BCUT2D eigenvalue weighted by Crippen LogP contribution is 2.33. The molecule has 0 unspecified atom stereocenters. The van der Waals surface area contributed by atoms with Crippen LogP contribution < -0.4 is 0 Å². The highest BCUT2D eigenvalue weighted by atomic mass is 32.1. The SMILES string of the molecule is CCN(CCc1ccccc1)C(=O)c1csc(-c2cccc(C(F)(F)F)c2)n1. The first-order valence-corrected chi connectivity index (χ1v) is 9.73. The summed E-state index contributed by atoms with van der Waals surface area (Å²) >= 11 is 1.17. The number of hydrogen-bond acceptors (Lipinski definition) is 3. The van der Waals surface area contributed by atoms with Crippen LogP contribution in [0.3, 0.4) is 0 Å². The third kappa shape index (κ3) is 4.78. The molecule has 0 N–H and O–H groups in total. The molecule has 146 valence electrons. The molecule has 0 fully saturated rings. The minimum atomic E-state index is -4.41. The molecule has 2 aromatic carbocycles. The van der Waals surface area contributed by atoms with Crippen molar-refractivity contribution in [3.05, 3.63) is 76.8 Å². The predicted octanol–water partition coefficient (Wildman–Crippen LogP) is 5.53. The Balaban J connectivity index is 1.74. The Morgan fingerprint density at radius 1 is 1.11 bits per heavy atom. The average Bonchev–Trinajstić information content (AvgIpc) is 3.19. The van der Waals surface area contributed by atoms with Gasteiger partial charge in [-0.05, 0) is 31.0 Å². The minimum absolute atomic E-state index is 0.215. The monoisotopic (exact) mass is 404 g/mol. The fraction of sp³-hybridized carbons (Fsp3) is 0.238. The van der Waals surface area contributed by atoms with Gasteiger partial charge in [0.2, 0.25) is 0 Å². The summed E-state index contributed by atoms with van der Waals surface area (Å²) in [7, 11) is 0. The fourth-order valence-electron chi connectivity index (χ4n) is 2.81. The zero-order valence-electron chi connectivity index (χ0n) is 15.2. The summed E-state index contributed by atoms with van der Waals surface area (Å²) in [5, 5.41) is 2.00. The third-order valence-electron chi connectivity index (χ3n) is 4.34. The Kier molecular flexibility index (Phi) is 6.14. The molecule has 1 amide bonds. The van der Waals surface area contributed by atoms with Crippen LogP contribution in [0.5, 0.6) is 0 Å². The van der Waals surface area contributed by atoms with Crippen LogP contribution in [0.4, 0.5) is 13.2 Å². The number of benzene rings is 2. The van der Waals surface area contributed by atoms with E-state index < -0.39 is 11.7 Å². The molecule has 1 heterocycles. The first-order chi connectivity index (χ1) is 13.4. The summed E-state index contributed by atoms with van der Waals surface area (Å²) in [4.78, 5) is 18.7. The van der Waals surface area contributed by atoms with E-state index in [1.165, 1.54) is 17.4 Å². The Labute approximate surface area is 165 Å². The van der Waals surface area contributed by atoms with Gasteiger partial charge in [0.1, 0.15) is 10.7 Å². The van der Waals surface area contributed by atoms with Crippen LogP contribution in [0.1, 0.15) is 28.5 Å². The molecule has 28 heavy (non-hydrogen) atoms. The van der Waals surface area contributed by atoms with Gasteiger partial charge in [0.25, 0.3) is 5.91 Å². The molecule has 0 radical (unpaired) electrons. The van der Waals surface area contributed by atoms with E-state index in [1.807, 2.05) is 37.3 Å². The molecule has 0 saturated carbocycles. The second-order valence-corrected chi connectivity index (χ2v) is 7.09. The molecule has 0 aliphatic carbocycles. The topological polar surface area (TPSA) is 33.2 Å². The van der Waals surface area contributed by atoms with Gasteiger partial charge in [-0.25, -0.2) is 4.98 Å². The standard InChI is InChI=1S/C21H19F3N2OS/c1-2-26(12-11-15-7-4-3-5-8-15)20(27)18-14-28-19(25-18)16-9-6-10-17(13-16)21(22,23)24/h3-10,13-14H,2,11-12H2,1H3. The molecule has 0 aliphatic rings. The fourth-order valence-corrected chi connectivity index (χ4v) is 3.60. The van der Waals surface area contributed by atoms with Crippen LogP contribution in [-0.4, -0.2) is 28.9 Å². The highest BCUT2D eigenvalue weighted by molar-refractivity contribution is 7.13. The summed E-state index contributed by atoms with van der Waals surface area (Å²) in [5.41, 5.74) is 1.02. The van der Waals surface area contributed by atoms with Gasteiger partial charge in [0.15, 0.2) is 0 Å². The number of hydrogen-bond donors (Lipinski definition) is 0. The lowest BCUT2D eigenvalue weighted by Crippen LogP contribution is -2.33. The molecule has 0 spiro atoms. The predicted molar refractivity (Wildman–Crippen MR) is 104 cm³/mol. The minimum Gasteiger partial charge on any atom is -0.337 e. The van der Waals surface area contributed by atoms with Crippen molar-refractivity contribution in [3.63, 3.8) is 0 Å². The first-order valence-electron chi connectivity index (χ1n) is 8.85. The van der Waals surface area contributed by atoms with Crippen molar-refractivity contribution in [3.8, 4) is 10.6 Å². The lowest BCUT2D eigenvalue weighted by molar-refractivity contribution is -0.137. The van der Waals surface area contributed by atoms with E-state index in [9.17, 15) is 18.0 Å². The largest absolute Gasteiger partial charge is 0.416 e. The first kappa shape index (κ1) is 20.1. The molecular weight excluding hydrogens is 385 g/mol. The molecular formula is C21H19F3N2OS. The van der Waals surface area contributed by atoms with Gasteiger partial charge in [-0.15, -0.1) is 11.3 Å². The van der Waals surface area contributed by atoms with Crippen molar-refractivity contribution in [2.24, 2.45) is 0 Å². The summed E-state index contributed by atoms with van der Waals surface area (Å²) in [6.45, 7) is 2.97. The van der Waals surface area contributed by atoms with E-state index >= 15 is 0 Å². The third-order valence-corrected chi connectivity index (χ3v) is 5.23. The Morgan fingerprint density at radius 3 is 2.54 bits per heavy atom. The summed E-state index contributed by atoms with van der Waals surface area (Å²) in [6.07, 6.45) is -3.69. The second-order valence-electron chi connectivity index (χ2n) is 6.24. The van der Waals surface area contributed by atoms with E-state index in [0.717, 1.165) is 24.1 Å². The zero-order chi connectivity index (χ0) is 20.1. The number of amides is 1. The summed E-state index contributed by atoms with van der Waals surface area (Å²) in [5.74, 6) is -0.215. The number of nitrogens with zero attached hydrogens (tertiary/aromatic N) is 2. The summed E-state index contributed by atoms with van der Waals surface area (Å²) in [6, 6.07) is 14.8. The van der Waals surface area contributed by atoms with Crippen molar-refractivity contribution in [1.82, 2.24) is 9.88 Å². The van der Waals surface area contributed by atoms with Gasteiger partial charge >= 0.3 is 6.18 Å². The van der Waals surface area contributed by atoms with Crippen molar-refractivity contribution >= 4 is 17.2 Å². The molecule has 3 nitrogen and oxygen atoms in total. The van der Waals surface area contributed by atoms with Gasteiger partial charge in [0, 0.05) is 24.0 Å². The normalized spacial score (nSPS) is 11.4. The van der Waals surface area contributed by atoms with Crippen molar-refractivity contribution in [2.45, 2.75) is 19.5 Å². The highest BCUT2D eigenvalue weighted by Gasteiger charge is 2.30. The van der Waals surface area contributed by atoms with Crippen LogP contribution in [0.25, 0.3) is 10.6 Å². The van der Waals surface area contributed by atoms with Gasteiger partial charge in [-0.1, -0.05) is 42.5 Å². The number of likely N-dealkylation sites (N-methyl/N-ethyl adjacent to an activating group) is 1. The Hall–Kier alpha value is -2.67. The van der Waals surface area contributed by atoms with Gasteiger partial charge < -0.3 is 4.90 Å². The van der Waals surface area contributed by atoms with Crippen LogP contribution in [-0.2, 0) is 12.6 Å². The van der Waals surface area contributed by atoms with E-state index in [-0.39, 0.29) is 11.6 Å². The second kappa shape index (κ2) is 8.56. The van der Waals surface area contributed by atoms with E-state index in [1.54, 1.807) is 16.3 Å². The molecule has 1 aromatic heterocycles. The maximum Gasteiger partial charge on any atom is 0.416 e. The number of carbonyl (C=O) groups excluding carboxylic acids is 1. The number of halogens is 3. The lowest BCUT2D eigenvalue weighted by atomic mass is 10.1. The van der Waals surface area contributed by atoms with Crippen molar-refractivity contribution in [2.75, 3.05) is 13.1 Å².